The van der Waals surface area contributed by atoms with E-state index in [-0.39, 0.29) is 6.61 Å². The van der Waals surface area contributed by atoms with E-state index in [1.54, 1.807) is 0 Å². The largest absolute Gasteiger partial charge is 0.384 e. The van der Waals surface area contributed by atoms with Gasteiger partial charge in [0.15, 0.2) is 0 Å². The number of rotatable bonds is 2. The molecule has 20 heavy (non-hydrogen) atoms. The average molecular weight is 271 g/mol. The number of benzene rings is 1. The third kappa shape index (κ3) is 4.37. The lowest BCUT2D eigenvalue weighted by molar-refractivity contribution is 0.255. The average Bonchev–Trinajstić information content (AvgIpc) is 2.59. The lowest BCUT2D eigenvalue weighted by Gasteiger charge is -2.23. The van der Waals surface area contributed by atoms with Crippen LogP contribution in [-0.4, -0.2) is 29.7 Å². The van der Waals surface area contributed by atoms with Crippen LogP contribution >= 0.6 is 0 Å². The minimum atomic E-state index is -0.0771. The van der Waals surface area contributed by atoms with Gasteiger partial charge in [-0.2, -0.15) is 0 Å². The Hall–Kier alpha value is -1.30. The van der Waals surface area contributed by atoms with E-state index in [1.165, 1.54) is 31.4 Å². The third-order valence-electron chi connectivity index (χ3n) is 4.15. The van der Waals surface area contributed by atoms with Crippen LogP contribution in [0.5, 0.6) is 0 Å². The second kappa shape index (κ2) is 6.92. The summed E-state index contributed by atoms with van der Waals surface area (Å²) in [6.07, 6.45) is 3.85. The van der Waals surface area contributed by atoms with Crippen molar-refractivity contribution in [2.24, 2.45) is 5.41 Å². The molecule has 0 atom stereocenters. The molecule has 1 fully saturated rings. The molecule has 0 spiro atoms. The Kier molecular flexibility index (Phi) is 5.23. The van der Waals surface area contributed by atoms with Crippen LogP contribution in [-0.2, 0) is 6.54 Å². The van der Waals surface area contributed by atoms with Crippen molar-refractivity contribution >= 4 is 0 Å². The number of aliphatic hydroxyl groups is 1. The molecule has 0 amide bonds. The van der Waals surface area contributed by atoms with Gasteiger partial charge in [-0.1, -0.05) is 43.9 Å². The van der Waals surface area contributed by atoms with Gasteiger partial charge in [0.1, 0.15) is 6.61 Å². The first kappa shape index (κ1) is 15.1. The zero-order chi connectivity index (χ0) is 14.4. The zero-order valence-electron chi connectivity index (χ0n) is 12.7. The van der Waals surface area contributed by atoms with Crippen molar-refractivity contribution in [1.29, 1.82) is 0 Å². The smallest absolute Gasteiger partial charge is 0.104 e. The Morgan fingerprint density at radius 1 is 1.20 bits per heavy atom. The summed E-state index contributed by atoms with van der Waals surface area (Å²) < 4.78 is 0. The first-order valence-electron chi connectivity index (χ1n) is 7.51. The first-order valence-corrected chi connectivity index (χ1v) is 7.51. The fraction of sp³-hybridized carbons (Fsp3) is 0.556. The standard InChI is InChI=1S/C18H25NO/c1-18(2)10-6-12-19(13-11-18)15-17-8-4-3-7-16(17)9-5-14-20/h3-4,7-8,20H,6,10-15H2,1-2H3. The molecule has 0 aliphatic carbocycles. The summed E-state index contributed by atoms with van der Waals surface area (Å²) in [7, 11) is 0. The minimum Gasteiger partial charge on any atom is -0.384 e. The summed E-state index contributed by atoms with van der Waals surface area (Å²) in [5.74, 6) is 5.81. The fourth-order valence-electron chi connectivity index (χ4n) is 2.79. The quantitative estimate of drug-likeness (QED) is 0.836. The molecule has 2 nitrogen and oxygen atoms in total. The van der Waals surface area contributed by atoms with E-state index >= 15 is 0 Å². The molecule has 0 aromatic heterocycles. The summed E-state index contributed by atoms with van der Waals surface area (Å²) in [5.41, 5.74) is 2.79. The normalized spacial score (nSPS) is 18.9. The van der Waals surface area contributed by atoms with Gasteiger partial charge in [-0.3, -0.25) is 4.90 Å². The summed E-state index contributed by atoms with van der Waals surface area (Å²) in [4.78, 5) is 2.54. The van der Waals surface area contributed by atoms with Crippen LogP contribution in [0.15, 0.2) is 24.3 Å². The van der Waals surface area contributed by atoms with E-state index in [0.29, 0.717) is 5.41 Å². The molecule has 0 radical (unpaired) electrons. The predicted octanol–water partition coefficient (Wildman–Crippen LogP) is 3.04. The van der Waals surface area contributed by atoms with Gasteiger partial charge in [-0.15, -0.1) is 0 Å². The molecule has 1 N–H and O–H groups in total. The number of hydrogen-bond donors (Lipinski definition) is 1. The number of likely N-dealkylation sites (tertiary alicyclic amines) is 1. The van der Waals surface area contributed by atoms with Gasteiger partial charge >= 0.3 is 0 Å². The second-order valence-corrected chi connectivity index (χ2v) is 6.41. The van der Waals surface area contributed by atoms with Gasteiger partial charge in [0, 0.05) is 12.1 Å². The highest BCUT2D eigenvalue weighted by Gasteiger charge is 2.23. The van der Waals surface area contributed by atoms with Crippen molar-refractivity contribution < 1.29 is 5.11 Å². The molecule has 108 valence electrons. The molecule has 0 bridgehead atoms. The van der Waals surface area contributed by atoms with Gasteiger partial charge in [-0.05, 0) is 49.4 Å². The van der Waals surface area contributed by atoms with Crippen molar-refractivity contribution in [1.82, 2.24) is 4.90 Å². The van der Waals surface area contributed by atoms with Crippen LogP contribution < -0.4 is 0 Å². The molecule has 2 heteroatoms. The Labute approximate surface area is 122 Å². The number of hydrogen-bond acceptors (Lipinski definition) is 2. The van der Waals surface area contributed by atoms with Gasteiger partial charge in [0.25, 0.3) is 0 Å². The van der Waals surface area contributed by atoms with Crippen LogP contribution in [0.3, 0.4) is 0 Å². The van der Waals surface area contributed by atoms with Crippen molar-refractivity contribution in [3.05, 3.63) is 35.4 Å². The Morgan fingerprint density at radius 2 is 2.00 bits per heavy atom. The van der Waals surface area contributed by atoms with Gasteiger partial charge < -0.3 is 5.11 Å². The summed E-state index contributed by atoms with van der Waals surface area (Å²) in [6, 6.07) is 8.27. The van der Waals surface area contributed by atoms with Crippen LogP contribution in [0.4, 0.5) is 0 Å². The maximum absolute atomic E-state index is 8.85. The molecule has 1 aliphatic heterocycles. The van der Waals surface area contributed by atoms with Crippen molar-refractivity contribution in [2.75, 3.05) is 19.7 Å². The molecule has 0 saturated carbocycles. The van der Waals surface area contributed by atoms with E-state index < -0.39 is 0 Å². The topological polar surface area (TPSA) is 23.5 Å². The number of aliphatic hydroxyl groups excluding tert-OH is 1. The predicted molar refractivity (Wildman–Crippen MR) is 83.3 cm³/mol. The lowest BCUT2D eigenvalue weighted by Crippen LogP contribution is -2.25. The van der Waals surface area contributed by atoms with Crippen LogP contribution in [0.2, 0.25) is 0 Å². The van der Waals surface area contributed by atoms with E-state index in [0.717, 1.165) is 18.7 Å². The Balaban J connectivity index is 2.06. The van der Waals surface area contributed by atoms with Crippen LogP contribution in [0, 0.1) is 17.3 Å². The fourth-order valence-corrected chi connectivity index (χ4v) is 2.79. The van der Waals surface area contributed by atoms with Crippen molar-refractivity contribution in [2.45, 2.75) is 39.7 Å². The molecule has 1 aromatic rings. The minimum absolute atomic E-state index is 0.0771. The highest BCUT2D eigenvalue weighted by Crippen LogP contribution is 2.30. The lowest BCUT2D eigenvalue weighted by atomic mass is 9.85. The van der Waals surface area contributed by atoms with E-state index in [2.05, 4.69) is 42.7 Å². The number of nitrogens with zero attached hydrogens (tertiary/aromatic N) is 1. The summed E-state index contributed by atoms with van der Waals surface area (Å²) >= 11 is 0. The molecule has 2 rings (SSSR count). The highest BCUT2D eigenvalue weighted by atomic mass is 16.2. The van der Waals surface area contributed by atoms with Gasteiger partial charge in [0.05, 0.1) is 0 Å². The van der Waals surface area contributed by atoms with Crippen molar-refractivity contribution in [3.8, 4) is 11.8 Å². The maximum atomic E-state index is 8.85. The Bertz CT molecular complexity index is 496. The Morgan fingerprint density at radius 3 is 2.80 bits per heavy atom. The van der Waals surface area contributed by atoms with Gasteiger partial charge in [0.2, 0.25) is 0 Å². The van der Waals surface area contributed by atoms with Crippen LogP contribution in [0.1, 0.15) is 44.2 Å². The van der Waals surface area contributed by atoms with Crippen molar-refractivity contribution in [3.63, 3.8) is 0 Å². The SMILES string of the molecule is CC1(C)CCCN(Cc2ccccc2C#CCO)CC1. The molecule has 0 unspecified atom stereocenters. The van der Waals surface area contributed by atoms with Crippen LogP contribution in [0.25, 0.3) is 0 Å². The zero-order valence-corrected chi connectivity index (χ0v) is 12.7. The van der Waals surface area contributed by atoms with E-state index in [4.69, 9.17) is 5.11 Å². The van der Waals surface area contributed by atoms with E-state index in [9.17, 15) is 0 Å². The molecule has 1 aliphatic rings. The van der Waals surface area contributed by atoms with E-state index in [1.807, 2.05) is 12.1 Å². The summed E-state index contributed by atoms with van der Waals surface area (Å²) in [5, 5.41) is 8.85. The first-order chi connectivity index (χ1) is 9.61. The third-order valence-corrected chi connectivity index (χ3v) is 4.15. The molecule has 1 saturated heterocycles. The molecular weight excluding hydrogens is 246 g/mol. The second-order valence-electron chi connectivity index (χ2n) is 6.41. The molecule has 1 heterocycles. The maximum Gasteiger partial charge on any atom is 0.104 e. The summed E-state index contributed by atoms with van der Waals surface area (Å²) in [6.45, 7) is 7.97. The highest BCUT2D eigenvalue weighted by molar-refractivity contribution is 5.41. The monoisotopic (exact) mass is 271 g/mol. The van der Waals surface area contributed by atoms with Gasteiger partial charge in [-0.25, -0.2) is 0 Å². The molecule has 1 aromatic carbocycles. The molecular formula is C18H25NO.